The Morgan fingerprint density at radius 2 is 1.90 bits per heavy atom. The van der Waals surface area contributed by atoms with Crippen molar-refractivity contribution in [2.45, 2.75) is 26.7 Å². The van der Waals surface area contributed by atoms with Crippen molar-refractivity contribution in [3.63, 3.8) is 0 Å². The Labute approximate surface area is 132 Å². The molecule has 0 fully saturated rings. The fourth-order valence-corrected chi connectivity index (χ4v) is 3.31. The molecule has 0 spiro atoms. The molecule has 1 aromatic carbocycles. The molecule has 0 saturated heterocycles. The molecule has 0 aromatic heterocycles. The van der Waals surface area contributed by atoms with E-state index in [0.29, 0.717) is 28.4 Å². The van der Waals surface area contributed by atoms with Crippen LogP contribution in [0.4, 0.5) is 5.69 Å². The maximum Gasteiger partial charge on any atom is 0.162 e. The van der Waals surface area contributed by atoms with Crippen molar-refractivity contribution in [1.82, 2.24) is 0 Å². The highest BCUT2D eigenvalue weighted by molar-refractivity contribution is 6.33. The Kier molecular flexibility index (Phi) is 5.40. The first-order valence-corrected chi connectivity index (χ1v) is 7.74. The number of nitrogens with one attached hydrogen (secondary N) is 1. The van der Waals surface area contributed by atoms with E-state index in [1.807, 2.05) is 6.07 Å². The van der Waals surface area contributed by atoms with Crippen LogP contribution in [0.15, 0.2) is 23.8 Å². The summed E-state index contributed by atoms with van der Waals surface area (Å²) in [4.78, 5) is 0. The number of benzene rings is 1. The van der Waals surface area contributed by atoms with E-state index >= 15 is 0 Å². The lowest BCUT2D eigenvalue weighted by atomic mass is 9.84. The zero-order valence-corrected chi connectivity index (χ0v) is 14.0. The van der Waals surface area contributed by atoms with Gasteiger partial charge < -0.3 is 14.8 Å². The molecule has 0 bridgehead atoms. The van der Waals surface area contributed by atoms with Crippen LogP contribution in [-0.4, -0.2) is 20.8 Å². The van der Waals surface area contributed by atoms with E-state index in [4.69, 9.17) is 21.1 Å². The number of hydrogen-bond donors (Lipinski definition) is 1. The molecule has 2 atom stereocenters. The quantitative estimate of drug-likeness (QED) is 0.795. The van der Waals surface area contributed by atoms with E-state index in [1.165, 1.54) is 12.0 Å². The summed E-state index contributed by atoms with van der Waals surface area (Å²) >= 11 is 6.30. The lowest BCUT2D eigenvalue weighted by Crippen LogP contribution is -2.20. The average Bonchev–Trinajstić information content (AvgIpc) is 2.44. The van der Waals surface area contributed by atoms with Gasteiger partial charge in [-0.25, -0.2) is 0 Å². The van der Waals surface area contributed by atoms with E-state index in [9.17, 15) is 0 Å². The van der Waals surface area contributed by atoms with Crippen LogP contribution in [0.5, 0.6) is 11.5 Å². The lowest BCUT2D eigenvalue weighted by Gasteiger charge is -2.26. The molecule has 1 aliphatic rings. The Morgan fingerprint density at radius 1 is 1.24 bits per heavy atom. The first-order chi connectivity index (χ1) is 10.0. The Balaban J connectivity index is 2.05. The van der Waals surface area contributed by atoms with Gasteiger partial charge in [-0.05, 0) is 31.6 Å². The number of methoxy groups -OCH3 is 2. The summed E-state index contributed by atoms with van der Waals surface area (Å²) in [5.74, 6) is 2.65. The molecule has 2 unspecified atom stereocenters. The summed E-state index contributed by atoms with van der Waals surface area (Å²) in [6.07, 6.45) is 4.75. The van der Waals surface area contributed by atoms with Crippen LogP contribution >= 0.6 is 11.6 Å². The number of ether oxygens (including phenoxy) is 2. The Morgan fingerprint density at radius 3 is 2.52 bits per heavy atom. The van der Waals surface area contributed by atoms with Gasteiger partial charge in [0.15, 0.2) is 11.5 Å². The SMILES string of the molecule is COc1cc(Cl)c(NCC2CC(C)=CC(C)C2)cc1OC. The molecule has 1 N–H and O–H groups in total. The second-order valence-corrected chi connectivity index (χ2v) is 6.27. The van der Waals surface area contributed by atoms with Gasteiger partial charge in [0.25, 0.3) is 0 Å². The molecular formula is C17H24ClNO2. The molecule has 0 radical (unpaired) electrons. The smallest absolute Gasteiger partial charge is 0.162 e. The lowest BCUT2D eigenvalue weighted by molar-refractivity contribution is 0.355. The summed E-state index contributed by atoms with van der Waals surface area (Å²) < 4.78 is 10.6. The second-order valence-electron chi connectivity index (χ2n) is 5.86. The standard InChI is InChI=1S/C17H24ClNO2/c1-11-5-12(2)7-13(6-11)10-19-15-9-17(21-4)16(20-3)8-14(15)18/h5,8-9,11,13,19H,6-7,10H2,1-4H3. The summed E-state index contributed by atoms with van der Waals surface area (Å²) in [6, 6.07) is 3.69. The topological polar surface area (TPSA) is 30.5 Å². The number of halogens is 1. The third kappa shape index (κ3) is 4.07. The van der Waals surface area contributed by atoms with Crippen molar-refractivity contribution in [3.8, 4) is 11.5 Å². The first kappa shape index (κ1) is 16.0. The van der Waals surface area contributed by atoms with Crippen molar-refractivity contribution < 1.29 is 9.47 Å². The van der Waals surface area contributed by atoms with Crippen molar-refractivity contribution in [2.24, 2.45) is 11.8 Å². The Hall–Kier alpha value is -1.35. The predicted molar refractivity (Wildman–Crippen MR) is 88.7 cm³/mol. The van der Waals surface area contributed by atoms with E-state index in [2.05, 4.69) is 25.2 Å². The van der Waals surface area contributed by atoms with Gasteiger partial charge in [0.2, 0.25) is 0 Å². The van der Waals surface area contributed by atoms with E-state index in [-0.39, 0.29) is 0 Å². The van der Waals surface area contributed by atoms with Crippen LogP contribution < -0.4 is 14.8 Å². The molecule has 0 saturated carbocycles. The minimum Gasteiger partial charge on any atom is -0.493 e. The number of allylic oxidation sites excluding steroid dienone is 2. The monoisotopic (exact) mass is 309 g/mol. The third-order valence-corrected chi connectivity index (χ3v) is 4.25. The molecule has 3 nitrogen and oxygen atoms in total. The van der Waals surface area contributed by atoms with Gasteiger partial charge in [0, 0.05) is 18.7 Å². The van der Waals surface area contributed by atoms with Gasteiger partial charge in [-0.15, -0.1) is 0 Å². The molecule has 21 heavy (non-hydrogen) atoms. The van der Waals surface area contributed by atoms with Crippen molar-refractivity contribution >= 4 is 17.3 Å². The number of rotatable bonds is 5. The summed E-state index contributed by atoms with van der Waals surface area (Å²) in [7, 11) is 3.24. The highest BCUT2D eigenvalue weighted by atomic mass is 35.5. The average molecular weight is 310 g/mol. The van der Waals surface area contributed by atoms with Gasteiger partial charge in [0.1, 0.15) is 0 Å². The molecular weight excluding hydrogens is 286 g/mol. The van der Waals surface area contributed by atoms with E-state index in [1.54, 1.807) is 20.3 Å². The fraction of sp³-hybridized carbons (Fsp3) is 0.529. The molecule has 0 aliphatic heterocycles. The van der Waals surface area contributed by atoms with E-state index < -0.39 is 0 Å². The van der Waals surface area contributed by atoms with Crippen LogP contribution in [0.2, 0.25) is 5.02 Å². The van der Waals surface area contributed by atoms with Crippen LogP contribution in [0.3, 0.4) is 0 Å². The van der Waals surface area contributed by atoms with Gasteiger partial charge >= 0.3 is 0 Å². The van der Waals surface area contributed by atoms with Gasteiger partial charge in [-0.3, -0.25) is 0 Å². The minimum absolute atomic E-state index is 0.647. The molecule has 0 heterocycles. The van der Waals surface area contributed by atoms with Crippen LogP contribution in [0, 0.1) is 11.8 Å². The van der Waals surface area contributed by atoms with E-state index in [0.717, 1.165) is 18.7 Å². The van der Waals surface area contributed by atoms with Gasteiger partial charge in [0.05, 0.1) is 24.9 Å². The number of hydrogen-bond acceptors (Lipinski definition) is 3. The zero-order valence-electron chi connectivity index (χ0n) is 13.2. The Bertz CT molecular complexity index is 528. The van der Waals surface area contributed by atoms with Crippen molar-refractivity contribution in [1.29, 1.82) is 0 Å². The number of anilines is 1. The maximum atomic E-state index is 6.30. The summed E-state index contributed by atoms with van der Waals surface area (Å²) in [6.45, 7) is 5.41. The molecule has 4 heteroatoms. The highest BCUT2D eigenvalue weighted by Crippen LogP contribution is 2.36. The van der Waals surface area contributed by atoms with Crippen LogP contribution in [-0.2, 0) is 0 Å². The van der Waals surface area contributed by atoms with Crippen molar-refractivity contribution in [2.75, 3.05) is 26.1 Å². The molecule has 1 aliphatic carbocycles. The third-order valence-electron chi connectivity index (χ3n) is 3.94. The van der Waals surface area contributed by atoms with Crippen molar-refractivity contribution in [3.05, 3.63) is 28.8 Å². The molecule has 116 valence electrons. The summed E-state index contributed by atoms with van der Waals surface area (Å²) in [5, 5.41) is 4.11. The maximum absolute atomic E-state index is 6.30. The molecule has 2 rings (SSSR count). The van der Waals surface area contributed by atoms with Crippen LogP contribution in [0.25, 0.3) is 0 Å². The highest BCUT2D eigenvalue weighted by Gasteiger charge is 2.18. The van der Waals surface area contributed by atoms with Gasteiger partial charge in [-0.2, -0.15) is 0 Å². The normalized spacial score (nSPS) is 21.7. The largest absolute Gasteiger partial charge is 0.493 e. The molecule has 0 amide bonds. The molecule has 1 aromatic rings. The fourth-order valence-electron chi connectivity index (χ4n) is 3.09. The second kappa shape index (κ2) is 7.08. The van der Waals surface area contributed by atoms with Gasteiger partial charge in [-0.1, -0.05) is 30.2 Å². The zero-order chi connectivity index (χ0) is 15.4. The summed E-state index contributed by atoms with van der Waals surface area (Å²) in [5.41, 5.74) is 2.38. The minimum atomic E-state index is 0.647. The van der Waals surface area contributed by atoms with Crippen LogP contribution in [0.1, 0.15) is 26.7 Å². The first-order valence-electron chi connectivity index (χ1n) is 7.36. The predicted octanol–water partition coefficient (Wildman–Crippen LogP) is 4.76.